The van der Waals surface area contributed by atoms with Gasteiger partial charge < -0.3 is 29.4 Å². The summed E-state index contributed by atoms with van der Waals surface area (Å²) in [6.07, 6.45) is -0.851. The van der Waals surface area contributed by atoms with E-state index in [1.165, 1.54) is 12.1 Å². The first-order chi connectivity index (χ1) is 16.4. The minimum absolute atomic E-state index is 0.106. The number of rotatable bonds is 4. The molecule has 0 spiro atoms. The Bertz CT molecular complexity index is 1470. The number of halogens is 2. The molecule has 0 saturated carbocycles. The van der Waals surface area contributed by atoms with E-state index in [1.54, 1.807) is 6.07 Å². The first-order valence-corrected chi connectivity index (χ1v) is 10.7. The maximum atomic E-state index is 15.0. The molecule has 4 unspecified atom stereocenters. The third kappa shape index (κ3) is 3.42. The number of nitrogens with one attached hydrogen (secondary N) is 2. The molecule has 11 nitrogen and oxygen atoms in total. The van der Waals surface area contributed by atoms with Crippen LogP contribution in [-0.2, 0) is 9.47 Å². The Morgan fingerprint density at radius 2 is 2.00 bits per heavy atom. The Morgan fingerprint density at radius 3 is 2.76 bits per heavy atom. The number of aromatic amines is 2. The molecule has 0 amide bonds. The van der Waals surface area contributed by atoms with Gasteiger partial charge in [0.05, 0.1) is 41.3 Å². The van der Waals surface area contributed by atoms with E-state index >= 15 is 0 Å². The van der Waals surface area contributed by atoms with Gasteiger partial charge in [-0.15, -0.1) is 0 Å². The number of pyridine rings is 1. The van der Waals surface area contributed by atoms with Gasteiger partial charge in [0.1, 0.15) is 24.1 Å². The number of hydrogen-bond acceptors (Lipinski definition) is 8. The van der Waals surface area contributed by atoms with Crippen LogP contribution in [0.25, 0.3) is 28.1 Å². The Balaban J connectivity index is 1.30. The van der Waals surface area contributed by atoms with Gasteiger partial charge >= 0.3 is 5.69 Å². The van der Waals surface area contributed by atoms with Gasteiger partial charge in [0, 0.05) is 5.56 Å². The van der Waals surface area contributed by atoms with E-state index in [1.807, 2.05) is 0 Å². The molecule has 2 aliphatic heterocycles. The highest BCUT2D eigenvalue weighted by molar-refractivity contribution is 6.33. The van der Waals surface area contributed by atoms with Crippen LogP contribution in [0.5, 0.6) is 11.9 Å². The average molecular weight is 490 g/mol. The first kappa shape index (κ1) is 21.1. The molecule has 34 heavy (non-hydrogen) atoms. The molecule has 5 heterocycles. The van der Waals surface area contributed by atoms with Crippen LogP contribution < -0.4 is 10.4 Å². The number of ether oxygens (including phenoxy) is 3. The lowest BCUT2D eigenvalue weighted by molar-refractivity contribution is 0.00706. The first-order valence-electron chi connectivity index (χ1n) is 10.3. The summed E-state index contributed by atoms with van der Waals surface area (Å²) in [6.45, 7) is 0.419. The standard InChI is InChI=1S/C21H17ClFN5O6/c22-10-4-12-19(27-20(24-12)34-14-7-33-17-13(29)6-32-18(14)17)26-16(10)9-2-1-8(3-11(9)23)28-5-15(30)25-21(28)31/h1-5,13-14,17-18,29-30H,6-7H2,(H,25,31)(H,24,26,27). The zero-order valence-electron chi connectivity index (χ0n) is 17.2. The number of hydrogen-bond donors (Lipinski definition) is 4. The van der Waals surface area contributed by atoms with Crippen molar-refractivity contribution in [3.05, 3.63) is 51.8 Å². The fourth-order valence-electron chi connectivity index (χ4n) is 4.25. The third-order valence-corrected chi connectivity index (χ3v) is 6.13. The molecule has 3 aromatic heterocycles. The van der Waals surface area contributed by atoms with E-state index < -0.39 is 35.9 Å². The van der Waals surface area contributed by atoms with Crippen molar-refractivity contribution >= 4 is 22.8 Å². The smallest absolute Gasteiger partial charge is 0.332 e. The summed E-state index contributed by atoms with van der Waals surface area (Å²) in [6, 6.07) is 5.80. The average Bonchev–Trinajstić information content (AvgIpc) is 3.54. The molecule has 4 atom stereocenters. The largest absolute Gasteiger partial charge is 0.493 e. The number of imidazole rings is 2. The number of aromatic hydroxyl groups is 1. The SMILES string of the molecule is O=c1[nH]c(O)cn1-c1ccc(-c2nc3nc(OC4COC5C(O)COC45)[nH]c3cc2Cl)c(F)c1. The Kier molecular flexibility index (Phi) is 4.85. The molecular formula is C21H17ClFN5O6. The van der Waals surface area contributed by atoms with Crippen molar-refractivity contribution < 1.29 is 28.8 Å². The maximum Gasteiger partial charge on any atom is 0.332 e. The topological polar surface area (TPSA) is 148 Å². The molecule has 2 saturated heterocycles. The lowest BCUT2D eigenvalue weighted by atomic mass is 10.1. The number of benzene rings is 1. The molecule has 0 radical (unpaired) electrons. The van der Waals surface area contributed by atoms with E-state index in [2.05, 4.69) is 19.9 Å². The summed E-state index contributed by atoms with van der Waals surface area (Å²) in [4.78, 5) is 25.7. The molecule has 176 valence electrons. The van der Waals surface area contributed by atoms with Crippen LogP contribution in [0.4, 0.5) is 4.39 Å². The number of fused-ring (bicyclic) bond motifs is 2. The van der Waals surface area contributed by atoms with Crippen LogP contribution in [0.1, 0.15) is 0 Å². The Morgan fingerprint density at radius 1 is 1.18 bits per heavy atom. The minimum atomic E-state index is -0.694. The summed E-state index contributed by atoms with van der Waals surface area (Å²) >= 11 is 6.38. The van der Waals surface area contributed by atoms with Crippen molar-refractivity contribution in [3.8, 4) is 28.8 Å². The summed E-state index contributed by atoms with van der Waals surface area (Å²) in [5.74, 6) is -1.01. The van der Waals surface area contributed by atoms with Gasteiger partial charge in [0.25, 0.3) is 6.01 Å². The van der Waals surface area contributed by atoms with Crippen molar-refractivity contribution in [1.29, 1.82) is 0 Å². The fourth-order valence-corrected chi connectivity index (χ4v) is 4.50. The lowest BCUT2D eigenvalue weighted by Crippen LogP contribution is -2.34. The highest BCUT2D eigenvalue weighted by atomic mass is 35.5. The second-order valence-electron chi connectivity index (χ2n) is 8.03. The summed E-state index contributed by atoms with van der Waals surface area (Å²) in [7, 11) is 0. The van der Waals surface area contributed by atoms with Crippen LogP contribution in [0.3, 0.4) is 0 Å². The van der Waals surface area contributed by atoms with E-state index in [9.17, 15) is 19.4 Å². The Labute approximate surface area is 194 Å². The molecule has 0 bridgehead atoms. The van der Waals surface area contributed by atoms with Crippen LogP contribution in [0, 0.1) is 5.82 Å². The molecular weight excluding hydrogens is 473 g/mol. The summed E-state index contributed by atoms with van der Waals surface area (Å²) in [5.41, 5.74) is 0.612. The number of H-pyrrole nitrogens is 2. The van der Waals surface area contributed by atoms with Gasteiger partial charge in [-0.2, -0.15) is 4.98 Å². The fraction of sp³-hybridized carbons (Fsp3) is 0.286. The van der Waals surface area contributed by atoms with Crippen LogP contribution >= 0.6 is 11.6 Å². The second-order valence-corrected chi connectivity index (χ2v) is 8.44. The second kappa shape index (κ2) is 7.81. The normalized spacial score (nSPS) is 24.1. The number of aliphatic hydroxyl groups excluding tert-OH is 1. The highest BCUT2D eigenvalue weighted by Gasteiger charge is 2.48. The van der Waals surface area contributed by atoms with Gasteiger partial charge in [-0.25, -0.2) is 14.2 Å². The third-order valence-electron chi connectivity index (χ3n) is 5.84. The Hall–Kier alpha value is -3.45. The van der Waals surface area contributed by atoms with E-state index in [4.69, 9.17) is 25.8 Å². The molecule has 2 aliphatic rings. The van der Waals surface area contributed by atoms with E-state index in [-0.39, 0.29) is 52.7 Å². The minimum Gasteiger partial charge on any atom is -0.493 e. The zero-order valence-corrected chi connectivity index (χ0v) is 18.0. The molecule has 13 heteroatoms. The van der Waals surface area contributed by atoms with E-state index in [0.717, 1.165) is 16.8 Å². The van der Waals surface area contributed by atoms with Gasteiger partial charge in [-0.3, -0.25) is 9.55 Å². The monoisotopic (exact) mass is 489 g/mol. The van der Waals surface area contributed by atoms with Crippen molar-refractivity contribution in [3.63, 3.8) is 0 Å². The summed E-state index contributed by atoms with van der Waals surface area (Å²) < 4.78 is 33.0. The van der Waals surface area contributed by atoms with Crippen LogP contribution in [-0.4, -0.2) is 72.3 Å². The van der Waals surface area contributed by atoms with Crippen molar-refractivity contribution in [1.82, 2.24) is 24.5 Å². The molecule has 4 aromatic rings. The van der Waals surface area contributed by atoms with Gasteiger partial charge in [-0.05, 0) is 24.3 Å². The molecule has 1 aromatic carbocycles. The number of aliphatic hydroxyl groups is 1. The van der Waals surface area contributed by atoms with Gasteiger partial charge in [0.15, 0.2) is 11.8 Å². The molecule has 2 fully saturated rings. The molecule has 0 aliphatic carbocycles. The quantitative estimate of drug-likeness (QED) is 0.337. The number of aromatic nitrogens is 5. The van der Waals surface area contributed by atoms with Crippen LogP contribution in [0.15, 0.2) is 35.3 Å². The van der Waals surface area contributed by atoms with Crippen molar-refractivity contribution in [2.24, 2.45) is 0 Å². The number of nitrogens with zero attached hydrogens (tertiary/aromatic N) is 3. The van der Waals surface area contributed by atoms with Crippen LogP contribution in [0.2, 0.25) is 5.02 Å². The maximum absolute atomic E-state index is 15.0. The lowest BCUT2D eigenvalue weighted by Gasteiger charge is -2.15. The predicted octanol–water partition coefficient (Wildman–Crippen LogP) is 1.51. The molecule has 6 rings (SSSR count). The van der Waals surface area contributed by atoms with Gasteiger partial charge in [0.2, 0.25) is 5.88 Å². The highest BCUT2D eigenvalue weighted by Crippen LogP contribution is 2.33. The predicted molar refractivity (Wildman–Crippen MR) is 116 cm³/mol. The van der Waals surface area contributed by atoms with Gasteiger partial charge in [-0.1, -0.05) is 11.6 Å². The zero-order chi connectivity index (χ0) is 23.6. The molecule has 4 N–H and O–H groups in total. The van der Waals surface area contributed by atoms with E-state index in [0.29, 0.717) is 5.52 Å². The van der Waals surface area contributed by atoms with Crippen molar-refractivity contribution in [2.75, 3.05) is 13.2 Å². The summed E-state index contributed by atoms with van der Waals surface area (Å²) in [5, 5.41) is 19.5. The van der Waals surface area contributed by atoms with Crippen molar-refractivity contribution in [2.45, 2.75) is 24.4 Å².